The molecule has 0 aliphatic carbocycles. The average molecular weight is 371 g/mol. The Hall–Kier alpha value is -2.67. The lowest BCUT2D eigenvalue weighted by Gasteiger charge is -2.09. The van der Waals surface area contributed by atoms with Gasteiger partial charge >= 0.3 is 0 Å². The van der Waals surface area contributed by atoms with Crippen LogP contribution in [0.25, 0.3) is 26.1 Å². The molecule has 0 radical (unpaired) electrons. The number of rotatable bonds is 2. The number of fused-ring (bicyclic) bond motifs is 3. The summed E-state index contributed by atoms with van der Waals surface area (Å²) in [5.74, 6) is 0. The minimum atomic E-state index is -2.65. The predicted molar refractivity (Wildman–Crippen MR) is 99.7 cm³/mol. The molecule has 0 saturated carbocycles. The van der Waals surface area contributed by atoms with Crippen molar-refractivity contribution in [3.8, 4) is 5.69 Å². The number of thiophene rings is 1. The zero-order chi connectivity index (χ0) is 18.6. The number of halogens is 2. The monoisotopic (exact) mass is 371 g/mol. The van der Waals surface area contributed by atoms with Crippen molar-refractivity contribution in [1.29, 1.82) is 0 Å². The van der Waals surface area contributed by atoms with Gasteiger partial charge in [-0.15, -0.1) is 11.3 Å². The number of benzene rings is 1. The first-order valence-electron chi connectivity index (χ1n) is 8.04. The zero-order valence-electron chi connectivity index (χ0n) is 14.4. The number of pyridine rings is 1. The Balaban J connectivity index is 2.03. The summed E-state index contributed by atoms with van der Waals surface area (Å²) in [6.45, 7) is 5.66. The second-order valence-corrected chi connectivity index (χ2v) is 7.33. The number of hydrogen-bond acceptors (Lipinski definition) is 4. The predicted octanol–water partition coefficient (Wildman–Crippen LogP) is 4.86. The molecule has 0 bridgehead atoms. The molecule has 1 aromatic carbocycles. The molecule has 0 spiro atoms. The highest BCUT2D eigenvalue weighted by Crippen LogP contribution is 2.33. The van der Waals surface area contributed by atoms with E-state index in [1.54, 1.807) is 6.92 Å². The van der Waals surface area contributed by atoms with Crippen molar-refractivity contribution in [3.63, 3.8) is 0 Å². The highest BCUT2D eigenvalue weighted by molar-refractivity contribution is 7.25. The van der Waals surface area contributed by atoms with Crippen molar-refractivity contribution < 1.29 is 8.78 Å². The smallest absolute Gasteiger partial charge is 0.267 e. The van der Waals surface area contributed by atoms with Crippen LogP contribution in [0.2, 0.25) is 0 Å². The van der Waals surface area contributed by atoms with E-state index in [0.29, 0.717) is 26.0 Å². The maximum atomic E-state index is 13.0. The van der Waals surface area contributed by atoms with Crippen molar-refractivity contribution in [1.82, 2.24) is 14.5 Å². The van der Waals surface area contributed by atoms with E-state index in [0.717, 1.165) is 28.2 Å². The molecule has 26 heavy (non-hydrogen) atoms. The van der Waals surface area contributed by atoms with Gasteiger partial charge in [0.25, 0.3) is 12.0 Å². The number of nitrogens with zero attached hydrogens (tertiary/aromatic N) is 3. The molecule has 3 heterocycles. The van der Waals surface area contributed by atoms with E-state index in [4.69, 9.17) is 0 Å². The van der Waals surface area contributed by atoms with Crippen LogP contribution in [0.3, 0.4) is 0 Å². The van der Waals surface area contributed by atoms with Crippen LogP contribution in [-0.2, 0) is 0 Å². The van der Waals surface area contributed by atoms with Crippen LogP contribution in [0.5, 0.6) is 0 Å². The fourth-order valence-electron chi connectivity index (χ4n) is 3.19. The molecule has 0 atom stereocenters. The van der Waals surface area contributed by atoms with Gasteiger partial charge in [-0.1, -0.05) is 17.7 Å². The highest BCUT2D eigenvalue weighted by atomic mass is 32.1. The molecule has 132 valence electrons. The fourth-order valence-corrected chi connectivity index (χ4v) is 4.33. The van der Waals surface area contributed by atoms with E-state index < -0.39 is 6.43 Å². The van der Waals surface area contributed by atoms with Crippen LogP contribution >= 0.6 is 11.3 Å². The van der Waals surface area contributed by atoms with Gasteiger partial charge in [0.2, 0.25) is 0 Å². The molecule has 0 aliphatic heterocycles. The SMILES string of the molecule is Cc1ccc(-n2cnc3c(sc4nc(C(F)F)cc(C)c43)c2=O)c(C)c1. The van der Waals surface area contributed by atoms with Crippen LogP contribution in [-0.4, -0.2) is 14.5 Å². The normalized spacial score (nSPS) is 11.8. The van der Waals surface area contributed by atoms with Crippen molar-refractivity contribution in [2.45, 2.75) is 27.2 Å². The number of hydrogen-bond donors (Lipinski definition) is 0. The molecule has 3 aromatic heterocycles. The standard InChI is InChI=1S/C19H15F2N3OS/c1-9-4-5-13(10(2)6-9)24-8-22-15-14-11(3)7-12(17(20)21)23-18(14)26-16(15)19(24)25/h4-8,17H,1-3H3. The van der Waals surface area contributed by atoms with Crippen LogP contribution in [0.1, 0.15) is 28.8 Å². The topological polar surface area (TPSA) is 47.8 Å². The molecular formula is C19H15F2N3OS. The average Bonchev–Trinajstić information content (AvgIpc) is 2.96. The van der Waals surface area contributed by atoms with Gasteiger partial charge in [-0.3, -0.25) is 9.36 Å². The van der Waals surface area contributed by atoms with Gasteiger partial charge in [0, 0.05) is 5.39 Å². The van der Waals surface area contributed by atoms with Crippen molar-refractivity contribution in [2.75, 3.05) is 0 Å². The van der Waals surface area contributed by atoms with Gasteiger partial charge in [-0.05, 0) is 44.0 Å². The molecule has 0 N–H and O–H groups in total. The Morgan fingerprint density at radius 2 is 1.88 bits per heavy atom. The molecule has 0 amide bonds. The van der Waals surface area contributed by atoms with Crippen molar-refractivity contribution in [2.24, 2.45) is 0 Å². The number of alkyl halides is 2. The maximum Gasteiger partial charge on any atom is 0.280 e. The first-order valence-corrected chi connectivity index (χ1v) is 8.85. The van der Waals surface area contributed by atoms with Crippen LogP contribution < -0.4 is 5.56 Å². The highest BCUT2D eigenvalue weighted by Gasteiger charge is 2.19. The minimum Gasteiger partial charge on any atom is -0.267 e. The summed E-state index contributed by atoms with van der Waals surface area (Å²) in [6, 6.07) is 7.17. The largest absolute Gasteiger partial charge is 0.280 e. The summed E-state index contributed by atoms with van der Waals surface area (Å²) in [5, 5.41) is 0.666. The molecule has 4 nitrogen and oxygen atoms in total. The molecule has 0 fully saturated rings. The Labute approximate surface area is 151 Å². The van der Waals surface area contributed by atoms with Crippen molar-refractivity contribution >= 4 is 31.8 Å². The molecule has 0 aliphatic rings. The summed E-state index contributed by atoms with van der Waals surface area (Å²) >= 11 is 1.11. The van der Waals surface area contributed by atoms with Crippen molar-refractivity contribution in [3.05, 3.63) is 63.3 Å². The molecular weight excluding hydrogens is 356 g/mol. The fraction of sp³-hybridized carbons (Fsp3) is 0.211. The van der Waals surface area contributed by atoms with Gasteiger partial charge in [0.1, 0.15) is 21.6 Å². The Kier molecular flexibility index (Phi) is 3.84. The van der Waals surface area contributed by atoms with Gasteiger partial charge in [0.05, 0.1) is 11.2 Å². The summed E-state index contributed by atoms with van der Waals surface area (Å²) in [6.07, 6.45) is -1.15. The second kappa shape index (κ2) is 5.95. The first kappa shape index (κ1) is 16.8. The lowest BCUT2D eigenvalue weighted by Crippen LogP contribution is -2.18. The third-order valence-electron chi connectivity index (χ3n) is 4.40. The van der Waals surface area contributed by atoms with E-state index in [1.807, 2.05) is 32.0 Å². The van der Waals surface area contributed by atoms with E-state index >= 15 is 0 Å². The molecule has 0 saturated heterocycles. The molecule has 0 unspecified atom stereocenters. The van der Waals surface area contributed by atoms with E-state index in [1.165, 1.54) is 17.0 Å². The second-order valence-electron chi connectivity index (χ2n) is 6.33. The van der Waals surface area contributed by atoms with Gasteiger partial charge in [0.15, 0.2) is 0 Å². The molecule has 7 heteroatoms. The molecule has 4 rings (SSSR count). The number of aromatic nitrogens is 3. The zero-order valence-corrected chi connectivity index (χ0v) is 15.2. The lowest BCUT2D eigenvalue weighted by molar-refractivity contribution is 0.146. The van der Waals surface area contributed by atoms with Crippen LogP contribution in [0.4, 0.5) is 8.78 Å². The summed E-state index contributed by atoms with van der Waals surface area (Å²) in [7, 11) is 0. The first-order chi connectivity index (χ1) is 12.4. The Bertz CT molecular complexity index is 1230. The van der Waals surface area contributed by atoms with Crippen LogP contribution in [0, 0.1) is 20.8 Å². The third kappa shape index (κ3) is 2.50. The lowest BCUT2D eigenvalue weighted by atomic mass is 10.1. The van der Waals surface area contributed by atoms with E-state index in [2.05, 4.69) is 9.97 Å². The quantitative estimate of drug-likeness (QED) is 0.506. The van der Waals surface area contributed by atoms with Crippen LogP contribution in [0.15, 0.2) is 35.4 Å². The van der Waals surface area contributed by atoms with E-state index in [-0.39, 0.29) is 11.3 Å². The Morgan fingerprint density at radius 3 is 2.58 bits per heavy atom. The Morgan fingerprint density at radius 1 is 1.12 bits per heavy atom. The third-order valence-corrected chi connectivity index (χ3v) is 5.47. The van der Waals surface area contributed by atoms with E-state index in [9.17, 15) is 13.6 Å². The number of aryl methyl sites for hydroxylation is 3. The molecule has 4 aromatic rings. The summed E-state index contributed by atoms with van der Waals surface area (Å²) in [4.78, 5) is 21.9. The van der Waals surface area contributed by atoms with Gasteiger partial charge < -0.3 is 0 Å². The summed E-state index contributed by atoms with van der Waals surface area (Å²) in [5.41, 5.74) is 3.48. The minimum absolute atomic E-state index is 0.219. The summed E-state index contributed by atoms with van der Waals surface area (Å²) < 4.78 is 28.0. The van der Waals surface area contributed by atoms with Gasteiger partial charge in [-0.2, -0.15) is 0 Å². The maximum absolute atomic E-state index is 13.0. The van der Waals surface area contributed by atoms with Gasteiger partial charge in [-0.25, -0.2) is 18.7 Å².